The van der Waals surface area contributed by atoms with Crippen LogP contribution >= 0.6 is 15.9 Å². The maximum atomic E-state index is 4.51. The zero-order chi connectivity index (χ0) is 13.0. The molecule has 18 heavy (non-hydrogen) atoms. The van der Waals surface area contributed by atoms with Crippen molar-refractivity contribution in [3.63, 3.8) is 0 Å². The van der Waals surface area contributed by atoms with Gasteiger partial charge < -0.3 is 5.32 Å². The van der Waals surface area contributed by atoms with E-state index in [0.29, 0.717) is 5.82 Å². The van der Waals surface area contributed by atoms with Crippen LogP contribution in [0, 0.1) is 6.92 Å². The quantitative estimate of drug-likeness (QED) is 0.943. The van der Waals surface area contributed by atoms with E-state index in [2.05, 4.69) is 43.1 Å². The minimum Gasteiger partial charge on any atom is -0.313 e. The first-order chi connectivity index (χ1) is 8.72. The topological polar surface area (TPSA) is 50.7 Å². The second-order valence-electron chi connectivity index (χ2n) is 3.92. The highest BCUT2D eigenvalue weighted by molar-refractivity contribution is 9.10. The monoisotopic (exact) mass is 306 g/mol. The van der Waals surface area contributed by atoms with Crippen LogP contribution in [0.15, 0.2) is 29.0 Å². The minimum atomic E-state index is 0.653. The summed E-state index contributed by atoms with van der Waals surface area (Å²) < 4.78 is 0.906. The molecule has 0 aliphatic carbocycles. The molecule has 0 saturated carbocycles. The molecule has 2 rings (SSSR count). The van der Waals surface area contributed by atoms with Crippen LogP contribution in [0.25, 0.3) is 11.5 Å². The minimum absolute atomic E-state index is 0.653. The molecule has 0 saturated heterocycles. The summed E-state index contributed by atoms with van der Waals surface area (Å²) in [6.07, 6.45) is 3.60. The molecule has 1 N–H and O–H groups in total. The van der Waals surface area contributed by atoms with Crippen molar-refractivity contribution >= 4 is 15.9 Å². The number of rotatable bonds is 4. The Morgan fingerprint density at radius 2 is 2.17 bits per heavy atom. The Hall–Kier alpha value is -1.33. The van der Waals surface area contributed by atoms with Gasteiger partial charge in [-0.3, -0.25) is 4.98 Å². The Kier molecular flexibility index (Phi) is 4.38. The molecule has 0 amide bonds. The lowest BCUT2D eigenvalue weighted by Crippen LogP contribution is -2.13. The summed E-state index contributed by atoms with van der Waals surface area (Å²) >= 11 is 3.46. The summed E-state index contributed by atoms with van der Waals surface area (Å²) in [5.74, 6) is 0.653. The van der Waals surface area contributed by atoms with Crippen molar-refractivity contribution in [1.29, 1.82) is 0 Å². The second kappa shape index (κ2) is 6.02. The average Bonchev–Trinajstić information content (AvgIpc) is 2.38. The third-order valence-electron chi connectivity index (χ3n) is 2.62. The molecule has 0 bridgehead atoms. The fourth-order valence-corrected chi connectivity index (χ4v) is 2.02. The van der Waals surface area contributed by atoms with Crippen LogP contribution in [-0.4, -0.2) is 21.5 Å². The van der Waals surface area contributed by atoms with Gasteiger partial charge in [0.15, 0.2) is 5.82 Å². The van der Waals surface area contributed by atoms with Crippen LogP contribution < -0.4 is 5.32 Å². The van der Waals surface area contributed by atoms with Gasteiger partial charge in [-0.05, 0) is 41.5 Å². The molecular weight excluding hydrogens is 292 g/mol. The summed E-state index contributed by atoms with van der Waals surface area (Å²) in [7, 11) is 0. The Balaban J connectivity index is 2.32. The molecule has 0 atom stereocenters. The predicted octanol–water partition coefficient (Wildman–Crippen LogP) is 2.72. The number of nitrogens with one attached hydrogen (secondary N) is 1. The largest absolute Gasteiger partial charge is 0.313 e. The number of nitrogens with zero attached hydrogens (tertiary/aromatic N) is 3. The lowest BCUT2D eigenvalue weighted by Gasteiger charge is -2.07. The second-order valence-corrected chi connectivity index (χ2v) is 4.77. The summed E-state index contributed by atoms with van der Waals surface area (Å²) in [4.78, 5) is 13.2. The standard InChI is InChI=1S/C13H15BrN4/c1-3-15-7-10-8-17-13(18-9(10)2)12-11(14)5-4-6-16-12/h4-6,8,15H,3,7H2,1-2H3. The fourth-order valence-electron chi connectivity index (χ4n) is 1.59. The summed E-state index contributed by atoms with van der Waals surface area (Å²) in [5.41, 5.74) is 2.88. The highest BCUT2D eigenvalue weighted by Crippen LogP contribution is 2.22. The maximum Gasteiger partial charge on any atom is 0.179 e. The van der Waals surface area contributed by atoms with Crippen molar-refractivity contribution in [2.75, 3.05) is 6.54 Å². The van der Waals surface area contributed by atoms with Gasteiger partial charge in [0, 0.05) is 34.7 Å². The smallest absolute Gasteiger partial charge is 0.179 e. The lowest BCUT2D eigenvalue weighted by atomic mass is 10.2. The highest BCUT2D eigenvalue weighted by Gasteiger charge is 2.09. The van der Waals surface area contributed by atoms with Gasteiger partial charge in [0.2, 0.25) is 0 Å². The number of hydrogen-bond acceptors (Lipinski definition) is 4. The molecule has 0 aliphatic heterocycles. The van der Waals surface area contributed by atoms with Gasteiger partial charge in [0.1, 0.15) is 5.69 Å². The Morgan fingerprint density at radius 3 is 2.83 bits per heavy atom. The number of pyridine rings is 1. The number of hydrogen-bond donors (Lipinski definition) is 1. The molecule has 0 unspecified atom stereocenters. The zero-order valence-corrected chi connectivity index (χ0v) is 12.0. The van der Waals surface area contributed by atoms with Gasteiger partial charge in [0.25, 0.3) is 0 Å². The van der Waals surface area contributed by atoms with Crippen LogP contribution in [-0.2, 0) is 6.54 Å². The molecule has 0 fully saturated rings. The molecule has 2 heterocycles. The van der Waals surface area contributed by atoms with Crippen LogP contribution in [0.5, 0.6) is 0 Å². The summed E-state index contributed by atoms with van der Waals surface area (Å²) in [6, 6.07) is 3.81. The molecule has 0 spiro atoms. The van der Waals surface area contributed by atoms with E-state index in [1.807, 2.05) is 25.3 Å². The first-order valence-corrected chi connectivity index (χ1v) is 6.65. The molecule has 2 aromatic heterocycles. The lowest BCUT2D eigenvalue weighted by molar-refractivity contribution is 0.716. The van der Waals surface area contributed by atoms with E-state index in [-0.39, 0.29) is 0 Å². The van der Waals surface area contributed by atoms with Gasteiger partial charge in [-0.2, -0.15) is 0 Å². The van der Waals surface area contributed by atoms with Crippen molar-refractivity contribution in [3.05, 3.63) is 40.3 Å². The van der Waals surface area contributed by atoms with Crippen LogP contribution in [0.2, 0.25) is 0 Å². The van der Waals surface area contributed by atoms with Crippen LogP contribution in [0.4, 0.5) is 0 Å². The van der Waals surface area contributed by atoms with Crippen molar-refractivity contribution in [1.82, 2.24) is 20.3 Å². The highest BCUT2D eigenvalue weighted by atomic mass is 79.9. The normalized spacial score (nSPS) is 10.6. The zero-order valence-electron chi connectivity index (χ0n) is 10.4. The Labute approximate surface area is 115 Å². The Morgan fingerprint density at radius 1 is 1.33 bits per heavy atom. The van der Waals surface area contributed by atoms with Gasteiger partial charge in [-0.1, -0.05) is 6.92 Å². The van der Waals surface area contributed by atoms with Crippen LogP contribution in [0.1, 0.15) is 18.2 Å². The van der Waals surface area contributed by atoms with E-state index in [0.717, 1.165) is 34.5 Å². The van der Waals surface area contributed by atoms with Gasteiger partial charge in [0.05, 0.1) is 0 Å². The first-order valence-electron chi connectivity index (χ1n) is 5.86. The molecule has 5 heteroatoms. The van der Waals surface area contributed by atoms with E-state index in [1.165, 1.54) is 0 Å². The van der Waals surface area contributed by atoms with Crippen molar-refractivity contribution < 1.29 is 0 Å². The molecular formula is C13H15BrN4. The van der Waals surface area contributed by atoms with Gasteiger partial charge >= 0.3 is 0 Å². The van der Waals surface area contributed by atoms with Gasteiger partial charge in [-0.15, -0.1) is 0 Å². The van der Waals surface area contributed by atoms with E-state index in [4.69, 9.17) is 0 Å². The van der Waals surface area contributed by atoms with Crippen molar-refractivity contribution in [2.24, 2.45) is 0 Å². The van der Waals surface area contributed by atoms with E-state index in [1.54, 1.807) is 6.20 Å². The third-order valence-corrected chi connectivity index (χ3v) is 3.26. The van der Waals surface area contributed by atoms with Crippen LogP contribution in [0.3, 0.4) is 0 Å². The predicted molar refractivity (Wildman–Crippen MR) is 75.1 cm³/mol. The first kappa shape index (κ1) is 13.1. The third kappa shape index (κ3) is 2.91. The number of aromatic nitrogens is 3. The van der Waals surface area contributed by atoms with Gasteiger partial charge in [-0.25, -0.2) is 9.97 Å². The van der Waals surface area contributed by atoms with E-state index in [9.17, 15) is 0 Å². The molecule has 0 radical (unpaired) electrons. The van der Waals surface area contributed by atoms with Crippen molar-refractivity contribution in [3.8, 4) is 11.5 Å². The van der Waals surface area contributed by atoms with E-state index < -0.39 is 0 Å². The SMILES string of the molecule is CCNCc1cnc(-c2ncccc2Br)nc1C. The average molecular weight is 307 g/mol. The molecule has 0 aliphatic rings. The molecule has 94 valence electrons. The summed E-state index contributed by atoms with van der Waals surface area (Å²) in [5, 5.41) is 3.27. The summed E-state index contributed by atoms with van der Waals surface area (Å²) in [6.45, 7) is 5.81. The number of halogens is 1. The molecule has 4 nitrogen and oxygen atoms in total. The number of aryl methyl sites for hydroxylation is 1. The van der Waals surface area contributed by atoms with E-state index >= 15 is 0 Å². The maximum absolute atomic E-state index is 4.51. The fraction of sp³-hybridized carbons (Fsp3) is 0.308. The molecule has 2 aromatic rings. The van der Waals surface area contributed by atoms with Crippen molar-refractivity contribution in [2.45, 2.75) is 20.4 Å². The Bertz CT molecular complexity index is 542. The molecule has 0 aromatic carbocycles.